The molecular formula is C18H23N3OS. The molecule has 3 rings (SSSR count). The smallest absolute Gasteiger partial charge is 0.238 e. The highest BCUT2D eigenvalue weighted by molar-refractivity contribution is 7.07. The first-order valence-electron chi connectivity index (χ1n) is 8.02. The fraction of sp³-hybridized carbons (Fsp3) is 0.389. The van der Waals surface area contributed by atoms with Crippen LogP contribution in [-0.4, -0.2) is 48.4 Å². The summed E-state index contributed by atoms with van der Waals surface area (Å²) >= 11 is 1.75. The minimum atomic E-state index is 0.0746. The lowest BCUT2D eigenvalue weighted by atomic mass is 10.2. The Balaban J connectivity index is 1.43. The molecule has 2 heterocycles. The molecule has 1 N–H and O–H groups in total. The van der Waals surface area contributed by atoms with Crippen LogP contribution >= 0.6 is 11.3 Å². The van der Waals surface area contributed by atoms with Gasteiger partial charge in [0.2, 0.25) is 5.91 Å². The van der Waals surface area contributed by atoms with Crippen molar-refractivity contribution >= 4 is 22.9 Å². The largest absolute Gasteiger partial charge is 0.325 e. The molecular weight excluding hydrogens is 306 g/mol. The molecule has 1 aromatic heterocycles. The van der Waals surface area contributed by atoms with E-state index in [0.717, 1.165) is 44.0 Å². The number of carbonyl (C=O) groups excluding carboxylic acids is 1. The van der Waals surface area contributed by atoms with Crippen LogP contribution in [0, 0.1) is 6.92 Å². The molecule has 122 valence electrons. The lowest BCUT2D eigenvalue weighted by molar-refractivity contribution is -0.117. The molecule has 4 nitrogen and oxygen atoms in total. The first kappa shape index (κ1) is 16.2. The maximum absolute atomic E-state index is 12.2. The van der Waals surface area contributed by atoms with Gasteiger partial charge in [0.1, 0.15) is 0 Å². The molecule has 23 heavy (non-hydrogen) atoms. The second-order valence-electron chi connectivity index (χ2n) is 6.05. The minimum absolute atomic E-state index is 0.0746. The Morgan fingerprint density at radius 1 is 1.13 bits per heavy atom. The van der Waals surface area contributed by atoms with Crippen molar-refractivity contribution in [2.75, 3.05) is 38.0 Å². The van der Waals surface area contributed by atoms with Gasteiger partial charge in [0, 0.05) is 38.4 Å². The van der Waals surface area contributed by atoms with Crippen LogP contribution < -0.4 is 5.32 Å². The van der Waals surface area contributed by atoms with Crippen molar-refractivity contribution in [2.24, 2.45) is 0 Å². The zero-order chi connectivity index (χ0) is 16.1. The number of anilines is 1. The first-order chi connectivity index (χ1) is 11.2. The topological polar surface area (TPSA) is 35.6 Å². The molecule has 0 bridgehead atoms. The Morgan fingerprint density at radius 2 is 1.87 bits per heavy atom. The van der Waals surface area contributed by atoms with E-state index in [-0.39, 0.29) is 5.91 Å². The predicted molar refractivity (Wildman–Crippen MR) is 95.8 cm³/mol. The molecule has 0 unspecified atom stereocenters. The van der Waals surface area contributed by atoms with Gasteiger partial charge in [-0.1, -0.05) is 18.2 Å². The van der Waals surface area contributed by atoms with Crippen molar-refractivity contribution in [3.8, 4) is 0 Å². The fourth-order valence-corrected chi connectivity index (χ4v) is 3.51. The van der Waals surface area contributed by atoms with Crippen molar-refractivity contribution in [2.45, 2.75) is 13.5 Å². The monoisotopic (exact) mass is 329 g/mol. The molecule has 0 spiro atoms. The number of benzene rings is 1. The summed E-state index contributed by atoms with van der Waals surface area (Å²) in [6, 6.07) is 10.1. The molecule has 0 radical (unpaired) electrons. The highest BCUT2D eigenvalue weighted by Gasteiger charge is 2.19. The van der Waals surface area contributed by atoms with Crippen molar-refractivity contribution in [3.63, 3.8) is 0 Å². The molecule has 5 heteroatoms. The Morgan fingerprint density at radius 3 is 2.57 bits per heavy atom. The number of piperazine rings is 1. The molecule has 1 amide bonds. The summed E-state index contributed by atoms with van der Waals surface area (Å²) in [7, 11) is 0. The lowest BCUT2D eigenvalue weighted by Gasteiger charge is -2.34. The van der Waals surface area contributed by atoms with Gasteiger partial charge < -0.3 is 5.32 Å². The summed E-state index contributed by atoms with van der Waals surface area (Å²) in [5, 5.41) is 7.35. The number of hydrogen-bond acceptors (Lipinski definition) is 4. The number of nitrogens with one attached hydrogen (secondary N) is 1. The van der Waals surface area contributed by atoms with Crippen LogP contribution in [0.15, 0.2) is 41.1 Å². The van der Waals surface area contributed by atoms with Gasteiger partial charge in [-0.3, -0.25) is 14.6 Å². The molecule has 0 aliphatic carbocycles. The normalized spacial score (nSPS) is 16.4. The van der Waals surface area contributed by atoms with Crippen LogP contribution in [0.3, 0.4) is 0 Å². The second-order valence-corrected chi connectivity index (χ2v) is 6.83. The van der Waals surface area contributed by atoms with Crippen LogP contribution in [0.2, 0.25) is 0 Å². The SMILES string of the molecule is Cc1ccccc1NC(=O)CN1CCN(Cc2ccsc2)CC1. The number of nitrogens with zero attached hydrogens (tertiary/aromatic N) is 2. The van der Waals surface area contributed by atoms with E-state index in [1.165, 1.54) is 5.56 Å². The molecule has 2 aromatic rings. The van der Waals surface area contributed by atoms with Crippen molar-refractivity contribution in [1.82, 2.24) is 9.80 Å². The van der Waals surface area contributed by atoms with E-state index < -0.39 is 0 Å². The Bertz CT molecular complexity index is 633. The summed E-state index contributed by atoms with van der Waals surface area (Å²) in [6.07, 6.45) is 0. The first-order valence-corrected chi connectivity index (χ1v) is 8.96. The average molecular weight is 329 g/mol. The van der Waals surface area contributed by atoms with Gasteiger partial charge in [-0.05, 0) is 40.9 Å². The van der Waals surface area contributed by atoms with Gasteiger partial charge in [0.15, 0.2) is 0 Å². The third-order valence-electron chi connectivity index (χ3n) is 4.24. The minimum Gasteiger partial charge on any atom is -0.325 e. The number of hydrogen-bond donors (Lipinski definition) is 1. The maximum atomic E-state index is 12.2. The van der Waals surface area contributed by atoms with Crippen molar-refractivity contribution < 1.29 is 4.79 Å². The van der Waals surface area contributed by atoms with Crippen LogP contribution in [0.4, 0.5) is 5.69 Å². The molecule has 1 aromatic carbocycles. The van der Waals surface area contributed by atoms with Gasteiger partial charge in [0.25, 0.3) is 0 Å². The second kappa shape index (κ2) is 7.73. The van der Waals surface area contributed by atoms with Gasteiger partial charge in [-0.15, -0.1) is 0 Å². The molecule has 1 aliphatic rings. The van der Waals surface area contributed by atoms with Crippen molar-refractivity contribution in [1.29, 1.82) is 0 Å². The van der Waals surface area contributed by atoms with E-state index in [1.54, 1.807) is 11.3 Å². The van der Waals surface area contributed by atoms with E-state index >= 15 is 0 Å². The van der Waals surface area contributed by atoms with Crippen LogP contribution in [-0.2, 0) is 11.3 Å². The summed E-state index contributed by atoms with van der Waals surface area (Å²) in [5.41, 5.74) is 3.40. The van der Waals surface area contributed by atoms with Gasteiger partial charge in [-0.2, -0.15) is 11.3 Å². The third-order valence-corrected chi connectivity index (χ3v) is 4.97. The van der Waals surface area contributed by atoms with E-state index in [2.05, 4.69) is 31.9 Å². The standard InChI is InChI=1S/C18H23N3OS/c1-15-4-2-3-5-17(15)19-18(22)13-21-9-7-20(8-10-21)12-16-6-11-23-14-16/h2-6,11,14H,7-10,12-13H2,1H3,(H,19,22). The van der Waals surface area contributed by atoms with E-state index in [1.807, 2.05) is 31.2 Å². The van der Waals surface area contributed by atoms with Gasteiger partial charge in [0.05, 0.1) is 6.54 Å². The van der Waals surface area contributed by atoms with Crippen LogP contribution in [0.25, 0.3) is 0 Å². The summed E-state index contributed by atoms with van der Waals surface area (Å²) in [6.45, 7) is 7.45. The lowest BCUT2D eigenvalue weighted by Crippen LogP contribution is -2.48. The van der Waals surface area contributed by atoms with Crippen LogP contribution in [0.5, 0.6) is 0 Å². The summed E-state index contributed by atoms with van der Waals surface area (Å²) in [5.74, 6) is 0.0746. The van der Waals surface area contributed by atoms with E-state index in [9.17, 15) is 4.79 Å². The Hall–Kier alpha value is -1.69. The number of rotatable bonds is 5. The van der Waals surface area contributed by atoms with Crippen molar-refractivity contribution in [3.05, 3.63) is 52.2 Å². The Kier molecular flexibility index (Phi) is 5.43. The number of para-hydroxylation sites is 1. The predicted octanol–water partition coefficient (Wildman–Crippen LogP) is 2.81. The van der Waals surface area contributed by atoms with Gasteiger partial charge >= 0.3 is 0 Å². The molecule has 1 aliphatic heterocycles. The highest BCUT2D eigenvalue weighted by atomic mass is 32.1. The number of amides is 1. The zero-order valence-electron chi connectivity index (χ0n) is 13.5. The number of carbonyl (C=O) groups is 1. The highest BCUT2D eigenvalue weighted by Crippen LogP contribution is 2.14. The fourth-order valence-electron chi connectivity index (χ4n) is 2.85. The van der Waals surface area contributed by atoms with Gasteiger partial charge in [-0.25, -0.2) is 0 Å². The number of thiophene rings is 1. The van der Waals surface area contributed by atoms with Crippen LogP contribution in [0.1, 0.15) is 11.1 Å². The molecule has 1 saturated heterocycles. The van der Waals surface area contributed by atoms with E-state index in [4.69, 9.17) is 0 Å². The van der Waals surface area contributed by atoms with E-state index in [0.29, 0.717) is 6.54 Å². The molecule has 0 atom stereocenters. The third kappa shape index (κ3) is 4.64. The molecule has 0 saturated carbocycles. The zero-order valence-corrected chi connectivity index (χ0v) is 14.3. The summed E-state index contributed by atoms with van der Waals surface area (Å²) < 4.78 is 0. The average Bonchev–Trinajstić information content (AvgIpc) is 3.04. The molecule has 1 fully saturated rings. The Labute approximate surface area is 141 Å². The maximum Gasteiger partial charge on any atom is 0.238 e. The summed E-state index contributed by atoms with van der Waals surface area (Å²) in [4.78, 5) is 16.9. The number of aryl methyl sites for hydroxylation is 1. The quantitative estimate of drug-likeness (QED) is 0.916.